The summed E-state index contributed by atoms with van der Waals surface area (Å²) in [5, 5.41) is 0. The average molecular weight is 467 g/mol. The second kappa shape index (κ2) is 8.72. The third kappa shape index (κ3) is 4.89. The van der Waals surface area contributed by atoms with Gasteiger partial charge in [0.05, 0.1) is 29.1 Å². The van der Waals surface area contributed by atoms with Crippen LogP contribution in [0.4, 0.5) is 4.79 Å². The molecule has 2 atom stereocenters. The van der Waals surface area contributed by atoms with Crippen LogP contribution in [-0.4, -0.2) is 51.4 Å². The lowest BCUT2D eigenvalue weighted by atomic mass is 9.79. The van der Waals surface area contributed by atoms with Gasteiger partial charge in [0, 0.05) is 6.54 Å². The highest BCUT2D eigenvalue weighted by molar-refractivity contribution is 6.62. The van der Waals surface area contributed by atoms with E-state index in [-0.39, 0.29) is 30.5 Å². The van der Waals surface area contributed by atoms with E-state index in [0.29, 0.717) is 12.5 Å². The zero-order chi connectivity index (χ0) is 24.9. The molecule has 2 saturated heterocycles. The van der Waals surface area contributed by atoms with Gasteiger partial charge in [0.25, 0.3) is 0 Å². The highest BCUT2D eigenvalue weighted by Gasteiger charge is 2.51. The van der Waals surface area contributed by atoms with Gasteiger partial charge in [0.2, 0.25) is 0 Å². The summed E-state index contributed by atoms with van der Waals surface area (Å²) < 4.78 is 18.0. The number of rotatable bonds is 4. The number of hydrogen-bond acceptors (Lipinski definition) is 5. The number of carbonyl (C=O) groups is 1. The lowest BCUT2D eigenvalue weighted by molar-refractivity contribution is 0.00578. The fraction of sp³-hybridized carbons (Fsp3) is 0.615. The molecule has 2 aromatic rings. The number of benzene rings is 1. The molecular formula is C26H38BN3O4. The monoisotopic (exact) mass is 467 g/mol. The molecule has 0 spiro atoms. The quantitative estimate of drug-likeness (QED) is 0.635. The predicted molar refractivity (Wildman–Crippen MR) is 134 cm³/mol. The van der Waals surface area contributed by atoms with Crippen molar-refractivity contribution in [3.05, 3.63) is 36.3 Å². The number of aromatic nitrogens is 2. The smallest absolute Gasteiger partial charge is 0.444 e. The van der Waals surface area contributed by atoms with Crippen molar-refractivity contribution >= 4 is 18.7 Å². The van der Waals surface area contributed by atoms with E-state index in [1.165, 1.54) is 0 Å². The van der Waals surface area contributed by atoms with E-state index in [1.54, 1.807) is 0 Å². The Bertz CT molecular complexity index is 1010. The minimum atomic E-state index is -0.529. The van der Waals surface area contributed by atoms with Gasteiger partial charge in [-0.15, -0.1) is 0 Å². The maximum absolute atomic E-state index is 12.9. The van der Waals surface area contributed by atoms with Gasteiger partial charge in [0.1, 0.15) is 11.4 Å². The summed E-state index contributed by atoms with van der Waals surface area (Å²) in [6.45, 7) is 16.8. The topological polar surface area (TPSA) is 76.7 Å². The second-order valence-corrected chi connectivity index (χ2v) is 11.6. The first-order valence-corrected chi connectivity index (χ1v) is 12.3. The van der Waals surface area contributed by atoms with Crippen molar-refractivity contribution in [2.75, 3.05) is 6.54 Å². The number of carbonyl (C=O) groups excluding carboxylic acids is 1. The first kappa shape index (κ1) is 24.8. The van der Waals surface area contributed by atoms with Gasteiger partial charge < -0.3 is 19.0 Å². The van der Waals surface area contributed by atoms with E-state index >= 15 is 0 Å². The molecule has 1 aromatic heterocycles. The van der Waals surface area contributed by atoms with Crippen molar-refractivity contribution in [2.24, 2.45) is 5.92 Å². The Balaban J connectivity index is 1.51. The summed E-state index contributed by atoms with van der Waals surface area (Å²) in [5.41, 5.74) is 1.66. The predicted octanol–water partition coefficient (Wildman–Crippen LogP) is 5.08. The Labute approximate surface area is 203 Å². The molecule has 2 aliphatic heterocycles. The molecule has 8 heteroatoms. The third-order valence-electron chi connectivity index (χ3n) is 7.25. The molecule has 34 heavy (non-hydrogen) atoms. The number of hydrogen-bond donors (Lipinski definition) is 1. The normalized spacial score (nSPS) is 24.0. The summed E-state index contributed by atoms with van der Waals surface area (Å²) in [7, 11) is -0.386. The molecule has 3 heterocycles. The molecule has 0 bridgehead atoms. The highest BCUT2D eigenvalue weighted by Crippen LogP contribution is 2.38. The largest absolute Gasteiger partial charge is 0.494 e. The van der Waals surface area contributed by atoms with Crippen LogP contribution in [-0.2, 0) is 14.0 Å². The van der Waals surface area contributed by atoms with Crippen LogP contribution >= 0.6 is 0 Å². The van der Waals surface area contributed by atoms with Crippen LogP contribution in [0, 0.1) is 5.92 Å². The van der Waals surface area contributed by atoms with Crippen molar-refractivity contribution in [3.8, 4) is 11.3 Å². The van der Waals surface area contributed by atoms with E-state index < -0.39 is 5.60 Å². The summed E-state index contributed by atoms with van der Waals surface area (Å²) >= 11 is 0. The molecule has 1 aromatic carbocycles. The molecule has 2 aliphatic rings. The molecule has 0 aliphatic carbocycles. The van der Waals surface area contributed by atoms with Crippen molar-refractivity contribution in [1.82, 2.24) is 14.9 Å². The number of nitrogens with zero attached hydrogens (tertiary/aromatic N) is 2. The molecule has 1 amide bonds. The van der Waals surface area contributed by atoms with E-state index in [2.05, 4.69) is 44.6 Å². The summed E-state index contributed by atoms with van der Waals surface area (Å²) in [5.74, 6) is 1.23. The standard InChI is InChI=1S/C26H38BN3O4/c1-9-17-14-21(30(16-17)23(31)32-24(2,3)4)22-28-15-20(29-22)18-10-12-19(13-11-18)27-33-25(5,6)26(7,8)34-27/h10-13,15,17,21H,9,14,16H2,1-8H3,(H,28,29)/t17-,21+/m1/s1. The summed E-state index contributed by atoms with van der Waals surface area (Å²) in [6, 6.07) is 8.05. The molecule has 2 fully saturated rings. The van der Waals surface area contributed by atoms with Gasteiger partial charge in [-0.2, -0.15) is 0 Å². The minimum Gasteiger partial charge on any atom is -0.444 e. The zero-order valence-corrected chi connectivity index (χ0v) is 21.8. The first-order chi connectivity index (χ1) is 15.8. The lowest BCUT2D eigenvalue weighted by Crippen LogP contribution is -2.41. The Kier molecular flexibility index (Phi) is 6.36. The number of likely N-dealkylation sites (tertiary alicyclic amines) is 1. The molecule has 0 radical (unpaired) electrons. The average Bonchev–Trinajstić information content (AvgIpc) is 3.43. The number of H-pyrrole nitrogens is 1. The number of aromatic amines is 1. The van der Waals surface area contributed by atoms with Crippen LogP contribution in [0.25, 0.3) is 11.3 Å². The molecular weight excluding hydrogens is 429 g/mol. The van der Waals surface area contributed by atoms with Crippen LogP contribution < -0.4 is 5.46 Å². The van der Waals surface area contributed by atoms with Crippen LogP contribution in [0.15, 0.2) is 30.5 Å². The van der Waals surface area contributed by atoms with Crippen LogP contribution in [0.5, 0.6) is 0 Å². The Morgan fingerprint density at radius 1 is 1.18 bits per heavy atom. The number of nitrogens with one attached hydrogen (secondary N) is 1. The maximum atomic E-state index is 12.9. The summed E-state index contributed by atoms with van der Waals surface area (Å²) in [4.78, 5) is 22.8. The number of ether oxygens (including phenoxy) is 1. The van der Waals surface area contributed by atoms with E-state index in [0.717, 1.165) is 35.4 Å². The van der Waals surface area contributed by atoms with Crippen LogP contribution in [0.1, 0.15) is 80.1 Å². The fourth-order valence-corrected chi connectivity index (χ4v) is 4.45. The first-order valence-electron chi connectivity index (χ1n) is 12.3. The molecule has 0 saturated carbocycles. The molecule has 0 unspecified atom stereocenters. The Morgan fingerprint density at radius 2 is 1.79 bits per heavy atom. The third-order valence-corrected chi connectivity index (χ3v) is 7.25. The fourth-order valence-electron chi connectivity index (χ4n) is 4.45. The Hall–Kier alpha value is -2.32. The van der Waals surface area contributed by atoms with Crippen molar-refractivity contribution in [2.45, 2.75) is 91.1 Å². The summed E-state index contributed by atoms with van der Waals surface area (Å²) in [6.07, 6.45) is 3.46. The van der Waals surface area contributed by atoms with Crippen molar-refractivity contribution < 1.29 is 18.8 Å². The number of imidazole rings is 1. The SMILES string of the molecule is CC[C@@H]1C[C@@H](c2ncc(-c3ccc(B4OC(C)(C)C(C)(C)O4)cc3)[nH]2)N(C(=O)OC(C)(C)C)C1. The van der Waals surface area contributed by atoms with E-state index in [4.69, 9.17) is 14.0 Å². The van der Waals surface area contributed by atoms with Gasteiger partial charge in [-0.3, -0.25) is 4.90 Å². The highest BCUT2D eigenvalue weighted by atomic mass is 16.7. The lowest BCUT2D eigenvalue weighted by Gasteiger charge is -2.32. The second-order valence-electron chi connectivity index (χ2n) is 11.6. The van der Waals surface area contributed by atoms with E-state index in [9.17, 15) is 4.79 Å². The number of amides is 1. The van der Waals surface area contributed by atoms with Crippen LogP contribution in [0.3, 0.4) is 0 Å². The van der Waals surface area contributed by atoms with Crippen molar-refractivity contribution in [3.63, 3.8) is 0 Å². The van der Waals surface area contributed by atoms with Gasteiger partial charge in [0.15, 0.2) is 0 Å². The van der Waals surface area contributed by atoms with E-state index in [1.807, 2.05) is 56.1 Å². The van der Waals surface area contributed by atoms with Gasteiger partial charge >= 0.3 is 13.2 Å². The van der Waals surface area contributed by atoms with Crippen LogP contribution in [0.2, 0.25) is 0 Å². The maximum Gasteiger partial charge on any atom is 0.494 e. The van der Waals surface area contributed by atoms with Gasteiger partial charge in [-0.1, -0.05) is 37.6 Å². The van der Waals surface area contributed by atoms with Gasteiger partial charge in [-0.25, -0.2) is 9.78 Å². The van der Waals surface area contributed by atoms with Crippen molar-refractivity contribution in [1.29, 1.82) is 0 Å². The minimum absolute atomic E-state index is 0.113. The molecule has 4 rings (SSSR count). The van der Waals surface area contributed by atoms with Gasteiger partial charge in [-0.05, 0) is 71.8 Å². The zero-order valence-electron chi connectivity index (χ0n) is 21.8. The molecule has 1 N–H and O–H groups in total. The molecule has 7 nitrogen and oxygen atoms in total. The molecule has 184 valence electrons. The Morgan fingerprint density at radius 3 is 2.35 bits per heavy atom.